The van der Waals surface area contributed by atoms with Crippen molar-refractivity contribution in [1.29, 1.82) is 0 Å². The molecule has 0 radical (unpaired) electrons. The van der Waals surface area contributed by atoms with Crippen LogP contribution in [-0.2, 0) is 6.54 Å². The smallest absolute Gasteiger partial charge is 0.146 e. The first-order valence-electron chi connectivity index (χ1n) is 6.56. The minimum Gasteiger partial charge on any atom is -0.369 e. The van der Waals surface area contributed by atoms with Crippen LogP contribution in [0, 0.1) is 5.82 Å². The monoisotopic (exact) mass is 236 g/mol. The number of nitrogens with zero attached hydrogens (tertiary/aromatic N) is 1. The van der Waals surface area contributed by atoms with Crippen LogP contribution >= 0.6 is 0 Å². The zero-order chi connectivity index (χ0) is 12.1. The number of nitrogens with one attached hydrogen (secondary N) is 1. The zero-order valence-electron chi connectivity index (χ0n) is 10.5. The number of para-hydroxylation sites is 1. The number of benzene rings is 1. The third-order valence-corrected chi connectivity index (χ3v) is 3.23. The van der Waals surface area contributed by atoms with Crippen LogP contribution in [0.3, 0.4) is 0 Å². The number of halogens is 1. The Morgan fingerprint density at radius 3 is 2.76 bits per heavy atom. The molecule has 0 aliphatic carbocycles. The Balaban J connectivity index is 2.15. The van der Waals surface area contributed by atoms with Crippen molar-refractivity contribution in [2.75, 3.05) is 24.5 Å². The summed E-state index contributed by atoms with van der Waals surface area (Å²) in [5.41, 5.74) is 1.90. The third-order valence-electron chi connectivity index (χ3n) is 3.23. The van der Waals surface area contributed by atoms with Gasteiger partial charge in [0.05, 0.1) is 5.69 Å². The van der Waals surface area contributed by atoms with Crippen molar-refractivity contribution in [3.63, 3.8) is 0 Å². The summed E-state index contributed by atoms with van der Waals surface area (Å²) in [6.07, 6.45) is 3.46. The Bertz CT molecular complexity index is 359. The van der Waals surface area contributed by atoms with Crippen molar-refractivity contribution < 1.29 is 4.39 Å². The van der Waals surface area contributed by atoms with E-state index in [0.717, 1.165) is 43.9 Å². The van der Waals surface area contributed by atoms with Crippen LogP contribution in [0.15, 0.2) is 18.2 Å². The molecule has 1 aliphatic heterocycles. The molecule has 1 heterocycles. The van der Waals surface area contributed by atoms with Crippen molar-refractivity contribution in [2.45, 2.75) is 32.7 Å². The van der Waals surface area contributed by atoms with E-state index in [0.29, 0.717) is 0 Å². The topological polar surface area (TPSA) is 15.3 Å². The van der Waals surface area contributed by atoms with E-state index < -0.39 is 0 Å². The van der Waals surface area contributed by atoms with Gasteiger partial charge in [0.1, 0.15) is 5.82 Å². The van der Waals surface area contributed by atoms with Gasteiger partial charge < -0.3 is 10.2 Å². The molecule has 3 heteroatoms. The molecule has 0 unspecified atom stereocenters. The zero-order valence-corrected chi connectivity index (χ0v) is 10.5. The van der Waals surface area contributed by atoms with Crippen molar-refractivity contribution in [1.82, 2.24) is 5.32 Å². The van der Waals surface area contributed by atoms with E-state index in [4.69, 9.17) is 0 Å². The normalized spacial score (nSPS) is 15.5. The Labute approximate surface area is 103 Å². The van der Waals surface area contributed by atoms with Crippen molar-refractivity contribution in [3.05, 3.63) is 29.6 Å². The van der Waals surface area contributed by atoms with E-state index in [1.807, 2.05) is 6.07 Å². The van der Waals surface area contributed by atoms with Crippen LogP contribution in [0.1, 0.15) is 31.7 Å². The van der Waals surface area contributed by atoms with Gasteiger partial charge in [0.25, 0.3) is 0 Å². The second-order valence-electron chi connectivity index (χ2n) is 4.62. The maximum Gasteiger partial charge on any atom is 0.146 e. The molecule has 1 aromatic rings. The predicted molar refractivity (Wildman–Crippen MR) is 69.8 cm³/mol. The van der Waals surface area contributed by atoms with E-state index in [2.05, 4.69) is 17.1 Å². The molecule has 1 saturated heterocycles. The molecule has 1 aliphatic rings. The maximum atomic E-state index is 13.9. The van der Waals surface area contributed by atoms with Gasteiger partial charge in [-0.25, -0.2) is 4.39 Å². The highest BCUT2D eigenvalue weighted by Crippen LogP contribution is 2.27. The Morgan fingerprint density at radius 1 is 1.29 bits per heavy atom. The largest absolute Gasteiger partial charge is 0.369 e. The number of hydrogen-bond acceptors (Lipinski definition) is 2. The molecule has 1 N–H and O–H groups in total. The standard InChI is InChI=1S/C14H21FN2/c1-2-8-16-11-12-6-5-7-13(15)14(12)17-9-3-4-10-17/h5-7,16H,2-4,8-11H2,1H3. The summed E-state index contributed by atoms with van der Waals surface area (Å²) in [5.74, 6) is -0.0808. The van der Waals surface area contributed by atoms with Gasteiger partial charge in [0.15, 0.2) is 0 Å². The van der Waals surface area contributed by atoms with Gasteiger partial charge in [-0.3, -0.25) is 0 Å². The Hall–Kier alpha value is -1.09. The van der Waals surface area contributed by atoms with Crippen LogP contribution in [-0.4, -0.2) is 19.6 Å². The van der Waals surface area contributed by atoms with E-state index in [-0.39, 0.29) is 5.82 Å². The highest BCUT2D eigenvalue weighted by molar-refractivity contribution is 5.55. The fourth-order valence-corrected chi connectivity index (χ4v) is 2.40. The summed E-state index contributed by atoms with van der Waals surface area (Å²) in [6, 6.07) is 5.40. The van der Waals surface area contributed by atoms with Crippen molar-refractivity contribution in [3.8, 4) is 0 Å². The molecule has 0 amide bonds. The van der Waals surface area contributed by atoms with Gasteiger partial charge in [0.2, 0.25) is 0 Å². The molecular formula is C14H21FN2. The van der Waals surface area contributed by atoms with Gasteiger partial charge in [-0.05, 0) is 37.4 Å². The lowest BCUT2D eigenvalue weighted by Crippen LogP contribution is -2.23. The molecule has 2 rings (SSSR count). The highest BCUT2D eigenvalue weighted by Gasteiger charge is 2.18. The van der Waals surface area contributed by atoms with Crippen LogP contribution in [0.4, 0.5) is 10.1 Å². The van der Waals surface area contributed by atoms with Crippen LogP contribution in [0.5, 0.6) is 0 Å². The summed E-state index contributed by atoms with van der Waals surface area (Å²) in [5, 5.41) is 3.35. The lowest BCUT2D eigenvalue weighted by molar-refractivity contribution is 0.614. The summed E-state index contributed by atoms with van der Waals surface area (Å²) >= 11 is 0. The highest BCUT2D eigenvalue weighted by atomic mass is 19.1. The average molecular weight is 236 g/mol. The lowest BCUT2D eigenvalue weighted by Gasteiger charge is -2.22. The number of hydrogen-bond donors (Lipinski definition) is 1. The molecule has 0 bridgehead atoms. The molecule has 17 heavy (non-hydrogen) atoms. The molecule has 0 aromatic heterocycles. The van der Waals surface area contributed by atoms with E-state index in [1.165, 1.54) is 12.8 Å². The van der Waals surface area contributed by atoms with Crippen LogP contribution < -0.4 is 10.2 Å². The van der Waals surface area contributed by atoms with Crippen LogP contribution in [0.25, 0.3) is 0 Å². The maximum absolute atomic E-state index is 13.9. The van der Waals surface area contributed by atoms with Gasteiger partial charge in [-0.2, -0.15) is 0 Å². The van der Waals surface area contributed by atoms with Crippen LogP contribution in [0.2, 0.25) is 0 Å². The quantitative estimate of drug-likeness (QED) is 0.791. The molecular weight excluding hydrogens is 215 g/mol. The minimum atomic E-state index is -0.0808. The number of rotatable bonds is 5. The van der Waals surface area contributed by atoms with Crippen molar-refractivity contribution in [2.24, 2.45) is 0 Å². The second-order valence-corrected chi connectivity index (χ2v) is 4.62. The molecule has 1 fully saturated rings. The second kappa shape index (κ2) is 6.01. The molecule has 1 aromatic carbocycles. The minimum absolute atomic E-state index is 0.0808. The summed E-state index contributed by atoms with van der Waals surface area (Å²) in [4.78, 5) is 2.18. The fourth-order valence-electron chi connectivity index (χ4n) is 2.40. The molecule has 0 spiro atoms. The third kappa shape index (κ3) is 2.97. The van der Waals surface area contributed by atoms with Gasteiger partial charge in [0, 0.05) is 19.6 Å². The van der Waals surface area contributed by atoms with Crippen molar-refractivity contribution >= 4 is 5.69 Å². The van der Waals surface area contributed by atoms with Gasteiger partial charge >= 0.3 is 0 Å². The summed E-state index contributed by atoms with van der Waals surface area (Å²) in [6.45, 7) is 5.86. The molecule has 0 saturated carbocycles. The average Bonchev–Trinajstić information content (AvgIpc) is 2.83. The Kier molecular flexibility index (Phi) is 4.37. The fraction of sp³-hybridized carbons (Fsp3) is 0.571. The Morgan fingerprint density at radius 2 is 2.06 bits per heavy atom. The lowest BCUT2D eigenvalue weighted by atomic mass is 10.1. The predicted octanol–water partition coefficient (Wildman–Crippen LogP) is 2.93. The first kappa shape index (κ1) is 12.4. The van der Waals surface area contributed by atoms with Gasteiger partial charge in [-0.1, -0.05) is 19.1 Å². The van der Waals surface area contributed by atoms with Gasteiger partial charge in [-0.15, -0.1) is 0 Å². The SMILES string of the molecule is CCCNCc1cccc(F)c1N1CCCC1. The van der Waals surface area contributed by atoms with E-state index in [1.54, 1.807) is 12.1 Å². The number of anilines is 1. The first-order valence-corrected chi connectivity index (χ1v) is 6.56. The summed E-state index contributed by atoms with van der Waals surface area (Å²) < 4.78 is 13.9. The summed E-state index contributed by atoms with van der Waals surface area (Å²) in [7, 11) is 0. The van der Waals surface area contributed by atoms with E-state index in [9.17, 15) is 4.39 Å². The first-order chi connectivity index (χ1) is 8.33. The molecule has 2 nitrogen and oxygen atoms in total. The molecule has 94 valence electrons. The van der Waals surface area contributed by atoms with E-state index >= 15 is 0 Å². The molecule has 0 atom stereocenters.